The first-order chi connectivity index (χ1) is 3.46. The molecule has 0 heterocycles. The van der Waals surface area contributed by atoms with Crippen molar-refractivity contribution in [2.45, 2.75) is 0 Å². The summed E-state index contributed by atoms with van der Waals surface area (Å²) in [7, 11) is -2.17. The molecule has 0 aromatic heterocycles. The zero-order valence-electron chi connectivity index (χ0n) is 3.55. The Bertz CT molecular complexity index is 30.0. The summed E-state index contributed by atoms with van der Waals surface area (Å²) in [4.78, 5) is 0. The van der Waals surface area contributed by atoms with Gasteiger partial charge in [0.1, 0.15) is 0 Å². The van der Waals surface area contributed by atoms with Crippen molar-refractivity contribution in [3.8, 4) is 0 Å². The summed E-state index contributed by atoms with van der Waals surface area (Å²) < 4.78 is 0. The quantitative estimate of drug-likeness (QED) is 0.558. The van der Waals surface area contributed by atoms with Crippen molar-refractivity contribution in [2.24, 2.45) is 0 Å². The molecule has 0 bridgehead atoms. The van der Waals surface area contributed by atoms with Crippen LogP contribution in [0.25, 0.3) is 0 Å². The van der Waals surface area contributed by atoms with Gasteiger partial charge in [-0.2, -0.15) is 0 Å². The van der Waals surface area contributed by atoms with Crippen molar-refractivity contribution in [3.63, 3.8) is 0 Å². The van der Waals surface area contributed by atoms with Crippen molar-refractivity contribution in [2.75, 3.05) is 0 Å². The van der Waals surface area contributed by atoms with Gasteiger partial charge in [-0.1, -0.05) is 0 Å². The maximum atomic E-state index is 7.17. The predicted molar refractivity (Wildman–Crippen MR) is 39.2 cm³/mol. The summed E-state index contributed by atoms with van der Waals surface area (Å²) in [6.45, 7) is 0. The van der Waals surface area contributed by atoms with E-state index in [9.17, 15) is 0 Å². The SMILES string of the molecule is OB(O)O.[Br][Ti]([Br])[Br]. The molecule has 0 saturated carbocycles. The molecule has 0 aliphatic rings. The Morgan fingerprint density at radius 1 is 1.00 bits per heavy atom. The standard InChI is InChI=1S/BH3O3.3BrH.Ti/c2-1(3)4;;;;/h2-4H;3*1H;/q;;;;+3/p-3. The van der Waals surface area contributed by atoms with E-state index in [0.29, 0.717) is 0 Å². The van der Waals surface area contributed by atoms with Crippen LogP contribution in [0.3, 0.4) is 0 Å². The van der Waals surface area contributed by atoms with Gasteiger partial charge < -0.3 is 15.1 Å². The first-order valence-electron chi connectivity index (χ1n) is 1.34. The summed E-state index contributed by atoms with van der Waals surface area (Å²) in [6.07, 6.45) is 0. The van der Waals surface area contributed by atoms with E-state index in [1.807, 2.05) is 0 Å². The van der Waals surface area contributed by atoms with E-state index in [1.54, 1.807) is 0 Å². The molecule has 49 valence electrons. The van der Waals surface area contributed by atoms with Crippen LogP contribution < -0.4 is 0 Å². The Balaban J connectivity index is 0. The molecule has 0 saturated heterocycles. The molecule has 0 radical (unpaired) electrons. The second-order valence-electron chi connectivity index (χ2n) is 0.561. The van der Waals surface area contributed by atoms with Crippen molar-refractivity contribution in [3.05, 3.63) is 0 Å². The molecule has 0 aliphatic heterocycles. The third-order valence-electron chi connectivity index (χ3n) is 0. The van der Waals surface area contributed by atoms with Crippen LogP contribution in [0.2, 0.25) is 0 Å². The Labute approximate surface area is 72.6 Å². The van der Waals surface area contributed by atoms with E-state index in [1.165, 1.54) is 0 Å². The van der Waals surface area contributed by atoms with E-state index < -0.39 is 18.9 Å². The predicted octanol–water partition coefficient (Wildman–Crippen LogP) is 0.482. The summed E-state index contributed by atoms with van der Waals surface area (Å²) in [5, 5.41) is 21.5. The van der Waals surface area contributed by atoms with Crippen LogP contribution in [0.4, 0.5) is 0 Å². The van der Waals surface area contributed by atoms with Gasteiger partial charge in [-0.3, -0.25) is 0 Å². The maximum absolute atomic E-state index is 7.17. The Hall–Kier alpha value is 2.10. The van der Waals surface area contributed by atoms with E-state index in [2.05, 4.69) is 39.5 Å². The van der Waals surface area contributed by atoms with Gasteiger partial charge in [0.25, 0.3) is 0 Å². The van der Waals surface area contributed by atoms with Gasteiger partial charge in [-0.25, -0.2) is 0 Å². The minimum atomic E-state index is -2.17. The fourth-order valence-electron chi connectivity index (χ4n) is 0. The van der Waals surface area contributed by atoms with Gasteiger partial charge in [0.15, 0.2) is 0 Å². The van der Waals surface area contributed by atoms with Crippen LogP contribution in [-0.4, -0.2) is 22.4 Å². The topological polar surface area (TPSA) is 60.7 Å². The Kier molecular flexibility index (Phi) is 14.5. The first-order valence-corrected chi connectivity index (χ1v) is 12.9. The fraction of sp³-hybridized carbons (Fsp3) is 0. The van der Waals surface area contributed by atoms with Gasteiger partial charge in [-0.15, -0.1) is 0 Å². The van der Waals surface area contributed by atoms with Crippen LogP contribution in [0.15, 0.2) is 0 Å². The van der Waals surface area contributed by atoms with Gasteiger partial charge in [0, 0.05) is 0 Å². The van der Waals surface area contributed by atoms with Crippen molar-refractivity contribution < 1.29 is 26.7 Å². The van der Waals surface area contributed by atoms with Crippen molar-refractivity contribution >= 4 is 46.8 Å². The van der Waals surface area contributed by atoms with Crippen molar-refractivity contribution in [1.82, 2.24) is 0 Å². The zero-order valence-corrected chi connectivity index (χ0v) is 9.87. The summed E-state index contributed by atoms with van der Waals surface area (Å²) >= 11 is 8.92. The van der Waals surface area contributed by atoms with E-state index >= 15 is 0 Å². The molecule has 3 nitrogen and oxygen atoms in total. The fourth-order valence-corrected chi connectivity index (χ4v) is 0. The Morgan fingerprint density at radius 3 is 1.00 bits per heavy atom. The van der Waals surface area contributed by atoms with Crippen LogP contribution in [0.5, 0.6) is 0 Å². The molecule has 0 aromatic carbocycles. The summed E-state index contributed by atoms with van der Waals surface area (Å²) in [5.41, 5.74) is 0. The third-order valence-corrected chi connectivity index (χ3v) is 0. The van der Waals surface area contributed by atoms with Crippen LogP contribution >= 0.6 is 39.5 Å². The van der Waals surface area contributed by atoms with E-state index in [4.69, 9.17) is 15.1 Å². The third kappa shape index (κ3) is 92.6. The van der Waals surface area contributed by atoms with Crippen LogP contribution in [-0.2, 0) is 11.6 Å². The first kappa shape index (κ1) is 12.7. The molecule has 8 heavy (non-hydrogen) atoms. The summed E-state index contributed by atoms with van der Waals surface area (Å²) in [5.74, 6) is 0. The molecule has 0 aromatic rings. The molecule has 0 atom stereocenters. The Morgan fingerprint density at radius 2 is 1.00 bits per heavy atom. The molecule has 0 rings (SSSR count). The molecule has 0 aliphatic carbocycles. The summed E-state index contributed by atoms with van der Waals surface area (Å²) in [6, 6.07) is 0. The molecule has 0 spiro atoms. The monoisotopic (exact) mass is 347 g/mol. The molecule has 0 fully saturated rings. The molecular formula is H3BBr3O3Ti. The average molecular weight is 349 g/mol. The van der Waals surface area contributed by atoms with Gasteiger partial charge >= 0.3 is 58.4 Å². The van der Waals surface area contributed by atoms with Gasteiger partial charge in [0.2, 0.25) is 0 Å². The molecule has 3 N–H and O–H groups in total. The molecule has 0 amide bonds. The van der Waals surface area contributed by atoms with Gasteiger partial charge in [-0.05, 0) is 0 Å². The second kappa shape index (κ2) is 9.10. The zero-order chi connectivity index (χ0) is 7.15. The second-order valence-corrected chi connectivity index (χ2v) is 24.2. The number of rotatable bonds is 0. The van der Waals surface area contributed by atoms with E-state index in [0.717, 1.165) is 0 Å². The number of halogens is 3. The van der Waals surface area contributed by atoms with Gasteiger partial charge in [0.05, 0.1) is 0 Å². The number of hydrogen-bond donors (Lipinski definition) is 3. The van der Waals surface area contributed by atoms with Crippen LogP contribution in [0.1, 0.15) is 0 Å². The molecule has 0 unspecified atom stereocenters. The molecule has 8 heteroatoms. The van der Waals surface area contributed by atoms with E-state index in [-0.39, 0.29) is 0 Å². The minimum absolute atomic E-state index is 0.896. The molecular weight excluding hydrogens is 346 g/mol. The average Bonchev–Trinajstić information content (AvgIpc) is 1.25. The van der Waals surface area contributed by atoms with Crippen LogP contribution in [0, 0.1) is 0 Å². The number of hydrogen-bond acceptors (Lipinski definition) is 3. The normalized spacial score (nSPS) is 6.75. The van der Waals surface area contributed by atoms with Crippen molar-refractivity contribution in [1.29, 1.82) is 0 Å².